The van der Waals surface area contributed by atoms with E-state index in [1.165, 1.54) is 7.11 Å². The van der Waals surface area contributed by atoms with Gasteiger partial charge in [0.05, 0.1) is 6.42 Å². The van der Waals surface area contributed by atoms with Crippen LogP contribution in [-0.4, -0.2) is 25.0 Å². The number of hydrogen-bond acceptors (Lipinski definition) is 5. The Hall–Kier alpha value is -1.10. The molecule has 0 bridgehead atoms. The lowest BCUT2D eigenvalue weighted by atomic mass is 10.1. The molecule has 5 heteroatoms. The topological polar surface area (TPSA) is 61.8 Å². The van der Waals surface area contributed by atoms with Gasteiger partial charge in [-0.05, 0) is 6.42 Å². The van der Waals surface area contributed by atoms with E-state index in [0.29, 0.717) is 6.42 Å². The third-order valence-corrected chi connectivity index (χ3v) is 2.23. The van der Waals surface area contributed by atoms with Gasteiger partial charge < -0.3 is 14.2 Å². The van der Waals surface area contributed by atoms with Crippen LogP contribution in [0.4, 0.5) is 0 Å². The van der Waals surface area contributed by atoms with Crippen molar-refractivity contribution in [1.29, 1.82) is 0 Å². The third-order valence-electron chi connectivity index (χ3n) is 2.23. The van der Waals surface area contributed by atoms with Crippen molar-refractivity contribution in [1.82, 2.24) is 0 Å². The zero-order valence-corrected chi connectivity index (χ0v) is 8.53. The first-order chi connectivity index (χ1) is 6.58. The van der Waals surface area contributed by atoms with Crippen LogP contribution in [0, 0.1) is 5.92 Å². The minimum absolute atomic E-state index is 0.275. The summed E-state index contributed by atoms with van der Waals surface area (Å²) in [5.74, 6) is -3.48. The van der Waals surface area contributed by atoms with Crippen LogP contribution in [0.25, 0.3) is 0 Å². The molecular formula is C9H14O5. The summed E-state index contributed by atoms with van der Waals surface area (Å²) in [7, 11) is 1.33. The molecule has 0 amide bonds. The molecule has 0 N–H and O–H groups in total. The quantitative estimate of drug-likeness (QED) is 0.501. The van der Waals surface area contributed by atoms with Crippen LogP contribution < -0.4 is 0 Å². The molecule has 0 aromatic heterocycles. The molecule has 1 aliphatic heterocycles. The van der Waals surface area contributed by atoms with E-state index in [2.05, 4.69) is 0 Å². The molecule has 0 radical (unpaired) electrons. The van der Waals surface area contributed by atoms with E-state index >= 15 is 0 Å². The lowest BCUT2D eigenvalue weighted by Gasteiger charge is -2.35. The summed E-state index contributed by atoms with van der Waals surface area (Å²) >= 11 is 0. The smallest absolute Gasteiger partial charge is 0.375 e. The van der Waals surface area contributed by atoms with Crippen molar-refractivity contribution in [3.05, 3.63) is 0 Å². The maximum Gasteiger partial charge on any atom is 0.375 e. The Bertz CT molecular complexity index is 224. The molecule has 0 atom stereocenters. The molecule has 1 fully saturated rings. The van der Waals surface area contributed by atoms with Gasteiger partial charge in [-0.25, -0.2) is 0 Å². The zero-order chi connectivity index (χ0) is 10.8. The Labute approximate surface area is 82.3 Å². The Balaban J connectivity index is 2.83. The number of carbonyl (C=O) groups excluding carboxylic acids is 2. The highest BCUT2D eigenvalue weighted by molar-refractivity contribution is 5.96. The predicted octanol–water partition coefficient (Wildman–Crippen LogP) is 0.823. The van der Waals surface area contributed by atoms with Gasteiger partial charge in [0.25, 0.3) is 0 Å². The summed E-state index contributed by atoms with van der Waals surface area (Å²) in [4.78, 5) is 22.7. The van der Waals surface area contributed by atoms with E-state index in [0.717, 1.165) is 0 Å². The molecule has 0 spiro atoms. The number of hydrogen-bond donors (Lipinski definition) is 0. The molecule has 0 aliphatic carbocycles. The first kappa shape index (κ1) is 11.0. The highest BCUT2D eigenvalue weighted by Gasteiger charge is 2.47. The Morgan fingerprint density at radius 2 is 1.79 bits per heavy atom. The van der Waals surface area contributed by atoms with Crippen LogP contribution >= 0.6 is 0 Å². The van der Waals surface area contributed by atoms with Crippen molar-refractivity contribution in [3.8, 4) is 0 Å². The molecule has 1 heterocycles. The summed E-state index contributed by atoms with van der Waals surface area (Å²) in [6.07, 6.45) is 0.651. The number of carbonyl (C=O) groups is 2. The fourth-order valence-electron chi connectivity index (χ4n) is 1.27. The zero-order valence-electron chi connectivity index (χ0n) is 8.53. The number of ether oxygens (including phenoxy) is 3. The van der Waals surface area contributed by atoms with Crippen LogP contribution in [0.2, 0.25) is 0 Å². The molecule has 1 rings (SSSR count). The number of rotatable bonds is 3. The molecule has 0 saturated carbocycles. The van der Waals surface area contributed by atoms with E-state index in [1.54, 1.807) is 13.8 Å². The van der Waals surface area contributed by atoms with Crippen molar-refractivity contribution in [2.24, 2.45) is 5.92 Å². The number of cyclic esters (lactones) is 2. The maximum absolute atomic E-state index is 11.4. The van der Waals surface area contributed by atoms with Crippen molar-refractivity contribution in [3.63, 3.8) is 0 Å². The van der Waals surface area contributed by atoms with Crippen molar-refractivity contribution >= 4 is 11.9 Å². The SMILES string of the molecule is CCC1C(=O)OC(CC)(OC)OC1=O. The van der Waals surface area contributed by atoms with Gasteiger partial charge in [-0.3, -0.25) is 9.59 Å². The predicted molar refractivity (Wildman–Crippen MR) is 46.0 cm³/mol. The molecule has 14 heavy (non-hydrogen) atoms. The number of esters is 2. The van der Waals surface area contributed by atoms with Crippen LogP contribution in [-0.2, 0) is 23.8 Å². The molecule has 80 valence electrons. The Morgan fingerprint density at radius 3 is 2.07 bits per heavy atom. The monoisotopic (exact) mass is 202 g/mol. The molecule has 0 unspecified atom stereocenters. The fourth-order valence-corrected chi connectivity index (χ4v) is 1.27. The molecule has 0 aromatic carbocycles. The normalized spacial score (nSPS) is 32.4. The molecule has 5 nitrogen and oxygen atoms in total. The lowest BCUT2D eigenvalue weighted by Crippen LogP contribution is -2.50. The Kier molecular flexibility index (Phi) is 3.10. The molecule has 1 aliphatic rings. The third kappa shape index (κ3) is 1.72. The minimum atomic E-state index is -1.51. The first-order valence-electron chi connectivity index (χ1n) is 4.59. The van der Waals surface area contributed by atoms with E-state index in [4.69, 9.17) is 14.2 Å². The number of methoxy groups -OCH3 is 1. The van der Waals surface area contributed by atoms with Gasteiger partial charge in [-0.2, -0.15) is 0 Å². The highest BCUT2D eigenvalue weighted by atomic mass is 16.9. The van der Waals surface area contributed by atoms with Crippen molar-refractivity contribution in [2.45, 2.75) is 32.7 Å². The molecule has 0 aromatic rings. The summed E-state index contributed by atoms with van der Waals surface area (Å²) in [6.45, 7) is 3.43. The van der Waals surface area contributed by atoms with Gasteiger partial charge in [0, 0.05) is 7.11 Å². The van der Waals surface area contributed by atoms with Gasteiger partial charge in [0.15, 0.2) is 5.92 Å². The summed E-state index contributed by atoms with van der Waals surface area (Å²) in [6, 6.07) is 0. The van der Waals surface area contributed by atoms with Gasteiger partial charge in [-0.1, -0.05) is 13.8 Å². The van der Waals surface area contributed by atoms with Crippen LogP contribution in [0.1, 0.15) is 26.7 Å². The fraction of sp³-hybridized carbons (Fsp3) is 0.778. The van der Waals surface area contributed by atoms with E-state index in [9.17, 15) is 9.59 Å². The maximum atomic E-state index is 11.4. The summed E-state index contributed by atoms with van der Waals surface area (Å²) in [5, 5.41) is 0. The summed E-state index contributed by atoms with van der Waals surface area (Å²) < 4.78 is 14.8. The van der Waals surface area contributed by atoms with Crippen LogP contribution in [0.3, 0.4) is 0 Å². The van der Waals surface area contributed by atoms with E-state index in [-0.39, 0.29) is 6.42 Å². The average Bonchev–Trinajstić information content (AvgIpc) is 2.17. The highest BCUT2D eigenvalue weighted by Crippen LogP contribution is 2.28. The van der Waals surface area contributed by atoms with Gasteiger partial charge in [0.1, 0.15) is 0 Å². The van der Waals surface area contributed by atoms with Gasteiger partial charge in [0.2, 0.25) is 0 Å². The second-order valence-corrected chi connectivity index (χ2v) is 3.04. The van der Waals surface area contributed by atoms with Crippen LogP contribution in [0.15, 0.2) is 0 Å². The Morgan fingerprint density at radius 1 is 1.29 bits per heavy atom. The van der Waals surface area contributed by atoms with E-state index < -0.39 is 23.8 Å². The lowest BCUT2D eigenvalue weighted by molar-refractivity contribution is -0.351. The molecular weight excluding hydrogens is 188 g/mol. The van der Waals surface area contributed by atoms with Crippen molar-refractivity contribution in [2.75, 3.05) is 7.11 Å². The van der Waals surface area contributed by atoms with Crippen LogP contribution in [0.5, 0.6) is 0 Å². The standard InChI is InChI=1S/C9H14O5/c1-4-6-7(10)13-9(5-2,12-3)14-8(6)11/h6H,4-5H2,1-3H3. The minimum Gasteiger partial charge on any atom is -0.397 e. The first-order valence-corrected chi connectivity index (χ1v) is 4.59. The average molecular weight is 202 g/mol. The largest absolute Gasteiger partial charge is 0.397 e. The molecule has 1 saturated heterocycles. The second-order valence-electron chi connectivity index (χ2n) is 3.04. The van der Waals surface area contributed by atoms with Gasteiger partial charge >= 0.3 is 17.9 Å². The van der Waals surface area contributed by atoms with Gasteiger partial charge in [-0.15, -0.1) is 0 Å². The second kappa shape index (κ2) is 3.96. The van der Waals surface area contributed by atoms with Crippen molar-refractivity contribution < 1.29 is 23.8 Å². The van der Waals surface area contributed by atoms with E-state index in [1.807, 2.05) is 0 Å². The summed E-state index contributed by atoms with van der Waals surface area (Å²) in [5.41, 5.74) is 0.